The van der Waals surface area contributed by atoms with Gasteiger partial charge in [-0.15, -0.1) is 0 Å². The van der Waals surface area contributed by atoms with Crippen LogP contribution in [0.25, 0.3) is 10.9 Å². The molecule has 1 aromatic heterocycles. The summed E-state index contributed by atoms with van der Waals surface area (Å²) in [6, 6.07) is 16.2. The van der Waals surface area contributed by atoms with Crippen molar-refractivity contribution in [2.24, 2.45) is 5.10 Å². The zero-order valence-electron chi connectivity index (χ0n) is 18.4. The minimum absolute atomic E-state index is 0.233. The second kappa shape index (κ2) is 10.6. The molecular formula is C25H20BrCl2N3O3. The van der Waals surface area contributed by atoms with Crippen molar-refractivity contribution in [3.05, 3.63) is 96.4 Å². The van der Waals surface area contributed by atoms with Crippen LogP contribution in [0.5, 0.6) is 11.5 Å². The number of aromatic nitrogens is 2. The molecule has 0 saturated carbocycles. The third-order valence-electron chi connectivity index (χ3n) is 5.10. The van der Waals surface area contributed by atoms with Crippen molar-refractivity contribution in [2.75, 3.05) is 7.11 Å². The minimum atomic E-state index is -0.253. The fraction of sp³-hybridized carbons (Fsp3) is 0.160. The van der Waals surface area contributed by atoms with Crippen LogP contribution in [0.1, 0.15) is 23.9 Å². The van der Waals surface area contributed by atoms with Crippen LogP contribution in [-0.4, -0.2) is 23.0 Å². The van der Waals surface area contributed by atoms with Crippen molar-refractivity contribution in [2.45, 2.75) is 20.0 Å². The number of rotatable bonds is 7. The number of fused-ring (bicyclic) bond motifs is 1. The van der Waals surface area contributed by atoms with Gasteiger partial charge < -0.3 is 9.47 Å². The zero-order valence-corrected chi connectivity index (χ0v) is 21.5. The first-order valence-electron chi connectivity index (χ1n) is 10.4. The summed E-state index contributed by atoms with van der Waals surface area (Å²) in [6.45, 7) is 2.15. The van der Waals surface area contributed by atoms with Gasteiger partial charge in [0, 0.05) is 21.5 Å². The molecule has 4 rings (SSSR count). The first-order chi connectivity index (χ1) is 16.4. The Morgan fingerprint density at radius 1 is 1.12 bits per heavy atom. The molecule has 3 aromatic carbocycles. The first kappa shape index (κ1) is 24.3. The molecule has 0 amide bonds. The highest BCUT2D eigenvalue weighted by Gasteiger charge is 2.14. The van der Waals surface area contributed by atoms with Crippen LogP contribution in [0.4, 0.5) is 0 Å². The summed E-state index contributed by atoms with van der Waals surface area (Å²) in [5.74, 6) is 1.38. The third-order valence-corrected chi connectivity index (χ3v) is 6.24. The van der Waals surface area contributed by atoms with Crippen molar-refractivity contribution in [3.63, 3.8) is 0 Å². The topological polar surface area (TPSA) is 65.7 Å². The number of nitrogens with zero attached hydrogens (tertiary/aromatic N) is 3. The van der Waals surface area contributed by atoms with E-state index in [9.17, 15) is 4.79 Å². The average molecular weight is 561 g/mol. The lowest BCUT2D eigenvalue weighted by molar-refractivity contribution is 0.285. The molecule has 0 atom stereocenters. The number of halogens is 3. The highest BCUT2D eigenvalue weighted by atomic mass is 79.9. The molecule has 0 spiro atoms. The molecule has 0 saturated heterocycles. The second-order valence-electron chi connectivity index (χ2n) is 7.32. The van der Waals surface area contributed by atoms with Crippen molar-refractivity contribution in [1.29, 1.82) is 0 Å². The Hall–Kier alpha value is -2.87. The standard InChI is InChI=1S/C25H20BrCl2N3O3/c1-3-23-30-21-9-8-17(26)12-18(21)25(32)31(23)29-13-15-10-20(28)24(22(11-15)33-2)34-14-16-6-4-5-7-19(16)27/h4-13H,3,14H2,1-2H3. The highest BCUT2D eigenvalue weighted by molar-refractivity contribution is 9.10. The van der Waals surface area contributed by atoms with Gasteiger partial charge >= 0.3 is 0 Å². The number of methoxy groups -OCH3 is 1. The van der Waals surface area contributed by atoms with Crippen LogP contribution < -0.4 is 15.0 Å². The summed E-state index contributed by atoms with van der Waals surface area (Å²) < 4.78 is 13.5. The molecule has 4 aromatic rings. The molecule has 174 valence electrons. The number of ether oxygens (including phenoxy) is 2. The molecule has 1 heterocycles. The summed E-state index contributed by atoms with van der Waals surface area (Å²) in [5, 5.41) is 5.83. The van der Waals surface area contributed by atoms with E-state index in [4.69, 9.17) is 32.7 Å². The smallest absolute Gasteiger partial charge is 0.282 e. The summed E-state index contributed by atoms with van der Waals surface area (Å²) in [4.78, 5) is 17.7. The van der Waals surface area contributed by atoms with Gasteiger partial charge in [-0.25, -0.2) is 4.98 Å². The Morgan fingerprint density at radius 2 is 1.91 bits per heavy atom. The molecule has 0 fully saturated rings. The monoisotopic (exact) mass is 559 g/mol. The molecule has 9 heteroatoms. The number of hydrogen-bond donors (Lipinski definition) is 0. The van der Waals surface area contributed by atoms with E-state index in [0.717, 1.165) is 10.0 Å². The van der Waals surface area contributed by atoms with Crippen molar-refractivity contribution >= 4 is 56.2 Å². The van der Waals surface area contributed by atoms with E-state index >= 15 is 0 Å². The number of aryl methyl sites for hydroxylation is 1. The van der Waals surface area contributed by atoms with E-state index < -0.39 is 0 Å². The maximum atomic E-state index is 13.1. The normalized spacial score (nSPS) is 11.3. The third kappa shape index (κ3) is 5.12. The Kier molecular flexibility index (Phi) is 7.56. The second-order valence-corrected chi connectivity index (χ2v) is 9.05. The fourth-order valence-electron chi connectivity index (χ4n) is 3.39. The van der Waals surface area contributed by atoms with Crippen LogP contribution in [0, 0.1) is 0 Å². The lowest BCUT2D eigenvalue weighted by Crippen LogP contribution is -2.22. The van der Waals surface area contributed by atoms with Gasteiger partial charge in [0.1, 0.15) is 12.4 Å². The van der Waals surface area contributed by atoms with Gasteiger partial charge in [-0.3, -0.25) is 4.79 Å². The van der Waals surface area contributed by atoms with E-state index in [2.05, 4.69) is 26.0 Å². The van der Waals surface area contributed by atoms with E-state index in [1.54, 1.807) is 30.3 Å². The zero-order chi connectivity index (χ0) is 24.2. The molecule has 0 radical (unpaired) electrons. The number of hydrogen-bond acceptors (Lipinski definition) is 5. The Labute approximate surface area is 214 Å². The highest BCUT2D eigenvalue weighted by Crippen LogP contribution is 2.37. The van der Waals surface area contributed by atoms with Crippen LogP contribution in [0.15, 0.2) is 69.0 Å². The Bertz CT molecular complexity index is 1450. The maximum Gasteiger partial charge on any atom is 0.282 e. The van der Waals surface area contributed by atoms with Crippen LogP contribution >= 0.6 is 39.1 Å². The van der Waals surface area contributed by atoms with E-state index in [1.165, 1.54) is 18.0 Å². The van der Waals surface area contributed by atoms with Crippen molar-refractivity contribution < 1.29 is 9.47 Å². The molecule has 6 nitrogen and oxygen atoms in total. The molecule has 34 heavy (non-hydrogen) atoms. The van der Waals surface area contributed by atoms with E-state index in [0.29, 0.717) is 50.3 Å². The van der Waals surface area contributed by atoms with Gasteiger partial charge in [-0.05, 0) is 42.0 Å². The van der Waals surface area contributed by atoms with Gasteiger partial charge in [0.25, 0.3) is 5.56 Å². The summed E-state index contributed by atoms with van der Waals surface area (Å²) in [7, 11) is 1.53. The quantitative estimate of drug-likeness (QED) is 0.242. The Balaban J connectivity index is 1.67. The van der Waals surface area contributed by atoms with Crippen LogP contribution in [0.2, 0.25) is 10.0 Å². The predicted molar refractivity (Wildman–Crippen MR) is 140 cm³/mol. The van der Waals surface area contributed by atoms with Gasteiger partial charge in [0.2, 0.25) is 0 Å². The molecule has 0 N–H and O–H groups in total. The lowest BCUT2D eigenvalue weighted by Gasteiger charge is -2.14. The molecular weight excluding hydrogens is 541 g/mol. The van der Waals surface area contributed by atoms with Gasteiger partial charge in [-0.1, -0.05) is 64.3 Å². The summed E-state index contributed by atoms with van der Waals surface area (Å²) >= 11 is 16.1. The lowest BCUT2D eigenvalue weighted by atomic mass is 10.2. The minimum Gasteiger partial charge on any atom is -0.493 e. The van der Waals surface area contributed by atoms with Gasteiger partial charge in [0.05, 0.1) is 29.2 Å². The van der Waals surface area contributed by atoms with Crippen molar-refractivity contribution in [1.82, 2.24) is 9.66 Å². The summed E-state index contributed by atoms with van der Waals surface area (Å²) in [6.07, 6.45) is 2.08. The Morgan fingerprint density at radius 3 is 2.65 bits per heavy atom. The van der Waals surface area contributed by atoms with Crippen LogP contribution in [-0.2, 0) is 13.0 Å². The maximum absolute atomic E-state index is 13.1. The van der Waals surface area contributed by atoms with E-state index in [-0.39, 0.29) is 12.2 Å². The van der Waals surface area contributed by atoms with Gasteiger partial charge in [0.15, 0.2) is 11.5 Å². The average Bonchev–Trinajstić information content (AvgIpc) is 2.83. The first-order valence-corrected chi connectivity index (χ1v) is 12.0. The largest absolute Gasteiger partial charge is 0.493 e. The SMILES string of the molecule is CCc1nc2ccc(Br)cc2c(=O)n1N=Cc1cc(Cl)c(OCc2ccccc2Cl)c(OC)c1. The summed E-state index contributed by atoms with van der Waals surface area (Å²) in [5.41, 5.74) is 1.84. The molecule has 0 aliphatic carbocycles. The van der Waals surface area contributed by atoms with Gasteiger partial charge in [-0.2, -0.15) is 9.78 Å². The molecule has 0 aliphatic heterocycles. The fourth-order valence-corrected chi connectivity index (χ4v) is 4.21. The van der Waals surface area contributed by atoms with Crippen LogP contribution in [0.3, 0.4) is 0 Å². The molecule has 0 bridgehead atoms. The molecule has 0 unspecified atom stereocenters. The van der Waals surface area contributed by atoms with Crippen molar-refractivity contribution in [3.8, 4) is 11.5 Å². The number of benzene rings is 3. The molecule has 0 aliphatic rings. The predicted octanol–water partition coefficient (Wildman–Crippen LogP) is 6.50. The van der Waals surface area contributed by atoms with E-state index in [1.807, 2.05) is 31.2 Å².